The van der Waals surface area contributed by atoms with E-state index in [0.717, 1.165) is 37.8 Å². The summed E-state index contributed by atoms with van der Waals surface area (Å²) in [5, 5.41) is 2.86. The van der Waals surface area contributed by atoms with Gasteiger partial charge in [0.05, 0.1) is 44.3 Å². The van der Waals surface area contributed by atoms with Gasteiger partial charge in [-0.05, 0) is 31.0 Å². The number of hydrogen-bond acceptors (Lipinski definition) is 4. The van der Waals surface area contributed by atoms with Gasteiger partial charge in [-0.15, -0.1) is 0 Å². The number of amides is 1. The second kappa shape index (κ2) is 9.07. The van der Waals surface area contributed by atoms with Gasteiger partial charge in [-0.25, -0.2) is 12.8 Å². The lowest BCUT2D eigenvalue weighted by Gasteiger charge is -2.39. The van der Waals surface area contributed by atoms with Crippen LogP contribution in [0.25, 0.3) is 0 Å². The molecule has 1 amide bonds. The van der Waals surface area contributed by atoms with Gasteiger partial charge in [-0.3, -0.25) is 4.79 Å². The van der Waals surface area contributed by atoms with Crippen LogP contribution in [0.15, 0.2) is 23.1 Å². The van der Waals surface area contributed by atoms with Crippen molar-refractivity contribution in [3.05, 3.63) is 29.6 Å². The van der Waals surface area contributed by atoms with E-state index in [-0.39, 0.29) is 29.1 Å². The summed E-state index contributed by atoms with van der Waals surface area (Å²) in [6.45, 7) is 1.57. The largest absolute Gasteiger partial charge is 0.379 e. The zero-order valence-corrected chi connectivity index (χ0v) is 18.0. The second-order valence-electron chi connectivity index (χ2n) is 8.18. The minimum Gasteiger partial charge on any atom is -0.379 e. The van der Waals surface area contributed by atoms with Crippen LogP contribution < -0.4 is 10.2 Å². The van der Waals surface area contributed by atoms with Crippen LogP contribution in [-0.2, 0) is 14.8 Å². The lowest BCUT2D eigenvalue weighted by atomic mass is 9.80. The number of carbonyl (C=O) groups excluding carboxylic acids is 1. The van der Waals surface area contributed by atoms with E-state index in [9.17, 15) is 17.6 Å². The summed E-state index contributed by atoms with van der Waals surface area (Å²) in [6.07, 6.45) is 5.43. The van der Waals surface area contributed by atoms with Crippen molar-refractivity contribution in [2.45, 2.75) is 42.5 Å². The molecule has 1 saturated heterocycles. The van der Waals surface area contributed by atoms with E-state index in [1.54, 1.807) is 0 Å². The lowest BCUT2D eigenvalue weighted by molar-refractivity contribution is -0.916. The average molecular weight is 429 g/mol. The van der Waals surface area contributed by atoms with E-state index in [1.165, 1.54) is 21.7 Å². The number of carbonyl (C=O) groups is 1. The number of nitrogens with zero attached hydrogens (tertiary/aromatic N) is 1. The van der Waals surface area contributed by atoms with E-state index in [1.807, 2.05) is 0 Å². The molecule has 1 aromatic carbocycles. The Bertz CT molecular complexity index is 832. The molecule has 3 rings (SSSR count). The fraction of sp³-hybridized carbons (Fsp3) is 0.650. The van der Waals surface area contributed by atoms with Crippen molar-refractivity contribution in [3.63, 3.8) is 0 Å². The van der Waals surface area contributed by atoms with Gasteiger partial charge in [-0.1, -0.05) is 6.42 Å². The number of morpholine rings is 1. The number of hydrogen-bond donors (Lipinski definition) is 2. The Kier molecular flexibility index (Phi) is 6.93. The van der Waals surface area contributed by atoms with Crippen LogP contribution in [-0.4, -0.2) is 71.1 Å². The molecule has 0 radical (unpaired) electrons. The molecular formula is C20H31FN3O4S+. The fourth-order valence-electron chi connectivity index (χ4n) is 4.20. The Morgan fingerprint density at radius 1 is 1.21 bits per heavy atom. The minimum atomic E-state index is -3.79. The highest BCUT2D eigenvalue weighted by molar-refractivity contribution is 7.89. The summed E-state index contributed by atoms with van der Waals surface area (Å²) in [7, 11) is 0.361. The maximum absolute atomic E-state index is 14.4. The molecule has 7 nitrogen and oxygen atoms in total. The molecule has 0 aromatic heterocycles. The molecule has 29 heavy (non-hydrogen) atoms. The van der Waals surface area contributed by atoms with Crippen LogP contribution >= 0.6 is 0 Å². The second-order valence-corrected chi connectivity index (χ2v) is 10.1. The van der Waals surface area contributed by atoms with Crippen LogP contribution in [0, 0.1) is 5.82 Å². The van der Waals surface area contributed by atoms with E-state index >= 15 is 0 Å². The molecule has 2 aliphatic rings. The van der Waals surface area contributed by atoms with Crippen molar-refractivity contribution in [2.24, 2.45) is 0 Å². The number of quaternary nitrogens is 1. The van der Waals surface area contributed by atoms with Gasteiger partial charge < -0.3 is 15.0 Å². The number of ether oxygens (including phenoxy) is 1. The zero-order chi connectivity index (χ0) is 21.1. The molecule has 1 aliphatic heterocycles. The minimum absolute atomic E-state index is 0.0676. The summed E-state index contributed by atoms with van der Waals surface area (Å²) in [5.74, 6) is -1.30. The number of rotatable bonds is 6. The lowest BCUT2D eigenvalue weighted by Crippen LogP contribution is -3.16. The Labute approximate surface area is 172 Å². The molecule has 1 aliphatic carbocycles. The number of benzene rings is 1. The van der Waals surface area contributed by atoms with Gasteiger partial charge >= 0.3 is 0 Å². The van der Waals surface area contributed by atoms with Crippen LogP contribution in [0.4, 0.5) is 4.39 Å². The van der Waals surface area contributed by atoms with Crippen molar-refractivity contribution >= 4 is 15.9 Å². The number of likely N-dealkylation sites (N-methyl/N-ethyl adjacent to an activating group) is 1. The van der Waals surface area contributed by atoms with Crippen LogP contribution in [0.5, 0.6) is 0 Å². The van der Waals surface area contributed by atoms with Crippen molar-refractivity contribution in [1.29, 1.82) is 0 Å². The third-order valence-corrected chi connectivity index (χ3v) is 8.14. The summed E-state index contributed by atoms with van der Waals surface area (Å²) >= 11 is 0. The van der Waals surface area contributed by atoms with E-state index in [0.29, 0.717) is 19.8 Å². The first kappa shape index (κ1) is 22.1. The summed E-state index contributed by atoms with van der Waals surface area (Å²) < 4.78 is 46.5. The standard InChI is InChI=1S/C20H30FN3O4S/c1-23(2)20(8-4-3-5-9-20)15-22-19(25)17-14-16(6-7-18(17)21)29(26,27)24-10-12-28-13-11-24/h6-7,14H,3-5,8-13,15H2,1-2H3,(H,22,25)/p+1. The number of sulfonamides is 1. The first-order valence-electron chi connectivity index (χ1n) is 10.2. The fourth-order valence-corrected chi connectivity index (χ4v) is 5.64. The molecule has 0 unspecified atom stereocenters. The van der Waals surface area contributed by atoms with Gasteiger partial charge in [0, 0.05) is 25.9 Å². The highest BCUT2D eigenvalue weighted by atomic mass is 32.2. The van der Waals surface area contributed by atoms with Gasteiger partial charge in [0.25, 0.3) is 5.91 Å². The number of halogens is 1. The topological polar surface area (TPSA) is 80.2 Å². The van der Waals surface area contributed by atoms with Gasteiger partial charge in [0.1, 0.15) is 11.4 Å². The van der Waals surface area contributed by atoms with Crippen molar-refractivity contribution in [1.82, 2.24) is 9.62 Å². The monoisotopic (exact) mass is 428 g/mol. The molecule has 1 heterocycles. The summed E-state index contributed by atoms with van der Waals surface area (Å²) in [5.41, 5.74) is -0.305. The normalized spacial score (nSPS) is 20.6. The predicted octanol–water partition coefficient (Wildman–Crippen LogP) is 0.424. The molecule has 2 fully saturated rings. The predicted molar refractivity (Wildman–Crippen MR) is 107 cm³/mol. The van der Waals surface area contributed by atoms with Crippen LogP contribution in [0.3, 0.4) is 0 Å². The molecule has 1 aromatic rings. The summed E-state index contributed by atoms with van der Waals surface area (Å²) in [6, 6.07) is 3.41. The van der Waals surface area contributed by atoms with Gasteiger partial charge in [-0.2, -0.15) is 4.31 Å². The van der Waals surface area contributed by atoms with E-state index in [4.69, 9.17) is 4.74 Å². The Morgan fingerprint density at radius 3 is 2.48 bits per heavy atom. The third kappa shape index (κ3) is 4.79. The average Bonchev–Trinajstić information content (AvgIpc) is 2.73. The van der Waals surface area contributed by atoms with Crippen molar-refractivity contribution in [3.8, 4) is 0 Å². The molecule has 1 saturated carbocycles. The molecule has 0 spiro atoms. The van der Waals surface area contributed by atoms with Crippen LogP contribution in [0.1, 0.15) is 42.5 Å². The van der Waals surface area contributed by atoms with E-state index < -0.39 is 21.7 Å². The molecule has 162 valence electrons. The van der Waals surface area contributed by atoms with Crippen LogP contribution in [0.2, 0.25) is 0 Å². The SMILES string of the molecule is C[NH+](C)C1(CNC(=O)c2cc(S(=O)(=O)N3CCOCC3)ccc2F)CCCCC1. The molecular weight excluding hydrogens is 397 g/mol. The molecule has 0 bridgehead atoms. The van der Waals surface area contributed by atoms with Crippen molar-refractivity contribution < 1.29 is 27.2 Å². The maximum Gasteiger partial charge on any atom is 0.254 e. The third-order valence-electron chi connectivity index (χ3n) is 6.25. The Morgan fingerprint density at radius 2 is 1.86 bits per heavy atom. The van der Waals surface area contributed by atoms with Crippen molar-refractivity contribution in [2.75, 3.05) is 46.9 Å². The maximum atomic E-state index is 14.4. The highest BCUT2D eigenvalue weighted by Gasteiger charge is 2.38. The zero-order valence-electron chi connectivity index (χ0n) is 17.2. The Hall–Kier alpha value is -1.55. The first-order chi connectivity index (χ1) is 13.8. The molecule has 0 atom stereocenters. The van der Waals surface area contributed by atoms with Gasteiger partial charge in [0.15, 0.2) is 0 Å². The first-order valence-corrected chi connectivity index (χ1v) is 11.7. The van der Waals surface area contributed by atoms with Gasteiger partial charge in [0.2, 0.25) is 10.0 Å². The quantitative estimate of drug-likeness (QED) is 0.689. The molecule has 9 heteroatoms. The van der Waals surface area contributed by atoms with E-state index in [2.05, 4.69) is 19.4 Å². The number of nitrogens with one attached hydrogen (secondary N) is 2. The summed E-state index contributed by atoms with van der Waals surface area (Å²) in [4.78, 5) is 13.9. The smallest absolute Gasteiger partial charge is 0.254 e. The Balaban J connectivity index is 1.77. The highest BCUT2D eigenvalue weighted by Crippen LogP contribution is 2.25. The molecule has 2 N–H and O–H groups in total.